The average Bonchev–Trinajstić information content (AvgIpc) is 1.78. The van der Waals surface area contributed by atoms with E-state index in [1.165, 1.54) is 0 Å². The maximum absolute atomic E-state index is 11.2. The van der Waals surface area contributed by atoms with Crippen LogP contribution in [0.1, 0.15) is 6.42 Å². The Labute approximate surface area is 57.4 Å². The summed E-state index contributed by atoms with van der Waals surface area (Å²) in [5.41, 5.74) is 0. The van der Waals surface area contributed by atoms with Crippen LogP contribution in [0.3, 0.4) is 0 Å². The zero-order valence-electron chi connectivity index (χ0n) is 5.45. The van der Waals surface area contributed by atoms with Crippen LogP contribution in [0.15, 0.2) is 0 Å². The Kier molecular flexibility index (Phi) is 4.38. The zero-order valence-corrected chi connectivity index (χ0v) is 5.45. The summed E-state index contributed by atoms with van der Waals surface area (Å²) in [5.74, 6) is 0. The van der Waals surface area contributed by atoms with Crippen molar-refractivity contribution in [1.29, 1.82) is 0 Å². The Hall–Kier alpha value is -0.290. The Balaban J connectivity index is 3.04. The third kappa shape index (κ3) is 7.71. The molecule has 0 spiro atoms. The van der Waals surface area contributed by atoms with E-state index in [0.717, 1.165) is 0 Å². The monoisotopic (exact) mass is 157 g/mol. The number of halogens is 3. The molecule has 0 saturated carbocycles. The first-order valence-corrected chi connectivity index (χ1v) is 2.88. The molecule has 2 N–H and O–H groups in total. The van der Waals surface area contributed by atoms with Crippen molar-refractivity contribution >= 4 is 0 Å². The van der Waals surface area contributed by atoms with Gasteiger partial charge in [0.1, 0.15) is 0 Å². The van der Waals surface area contributed by atoms with E-state index >= 15 is 0 Å². The highest BCUT2D eigenvalue weighted by atomic mass is 19.4. The lowest BCUT2D eigenvalue weighted by Gasteiger charge is -2.05. The summed E-state index contributed by atoms with van der Waals surface area (Å²) in [5, 5.41) is 1.56. The SMILES string of the molecule is [CH2-][NH2+]CCCOC(F)(F)F. The van der Waals surface area contributed by atoms with E-state index < -0.39 is 6.36 Å². The van der Waals surface area contributed by atoms with Crippen molar-refractivity contribution in [3.63, 3.8) is 0 Å². The van der Waals surface area contributed by atoms with Gasteiger partial charge in [-0.05, 0) is 0 Å². The van der Waals surface area contributed by atoms with Gasteiger partial charge in [0, 0.05) is 6.42 Å². The molecule has 0 rings (SSSR count). The van der Waals surface area contributed by atoms with Crippen LogP contribution in [-0.2, 0) is 4.74 Å². The molecule has 0 atom stereocenters. The quantitative estimate of drug-likeness (QED) is 0.460. The topological polar surface area (TPSA) is 25.8 Å². The summed E-state index contributed by atoms with van der Waals surface area (Å²) in [6.07, 6.45) is -4.12. The lowest BCUT2D eigenvalue weighted by atomic mass is 10.5. The van der Waals surface area contributed by atoms with Crippen molar-refractivity contribution in [3.8, 4) is 0 Å². The molecule has 0 aliphatic carbocycles. The van der Waals surface area contributed by atoms with Gasteiger partial charge in [0.05, 0.1) is 13.2 Å². The van der Waals surface area contributed by atoms with Gasteiger partial charge in [0.15, 0.2) is 0 Å². The molecule has 5 heteroatoms. The average molecular weight is 157 g/mol. The molecule has 0 aromatic heterocycles. The number of hydrogen-bond acceptors (Lipinski definition) is 1. The lowest BCUT2D eigenvalue weighted by Crippen LogP contribution is -2.77. The van der Waals surface area contributed by atoms with Crippen LogP contribution in [0.4, 0.5) is 13.2 Å². The molecule has 0 unspecified atom stereocenters. The van der Waals surface area contributed by atoms with Crippen LogP contribution in [0.2, 0.25) is 0 Å². The summed E-state index contributed by atoms with van der Waals surface area (Å²) in [4.78, 5) is 0. The van der Waals surface area contributed by atoms with Gasteiger partial charge in [-0.25, -0.2) is 0 Å². The van der Waals surface area contributed by atoms with Gasteiger partial charge in [-0.3, -0.25) is 4.74 Å². The standard InChI is InChI=1S/C5H10F3NO/c1-9-3-2-4-10-5(6,7)8/h1-4,9H2. The Morgan fingerprint density at radius 1 is 1.40 bits per heavy atom. The minimum Gasteiger partial charge on any atom is -0.479 e. The minimum atomic E-state index is -4.48. The van der Waals surface area contributed by atoms with Crippen molar-refractivity contribution in [2.45, 2.75) is 12.8 Å². The summed E-state index contributed by atoms with van der Waals surface area (Å²) in [6, 6.07) is 0. The van der Waals surface area contributed by atoms with Crippen LogP contribution in [0.25, 0.3) is 0 Å². The molecule has 0 amide bonds. The third-order valence-corrected chi connectivity index (χ3v) is 0.818. The first kappa shape index (κ1) is 9.71. The summed E-state index contributed by atoms with van der Waals surface area (Å²) < 4.78 is 37.2. The van der Waals surface area contributed by atoms with E-state index in [0.29, 0.717) is 13.0 Å². The van der Waals surface area contributed by atoms with E-state index in [9.17, 15) is 13.2 Å². The molecule has 0 fully saturated rings. The second kappa shape index (κ2) is 4.51. The van der Waals surface area contributed by atoms with Crippen molar-refractivity contribution in [2.24, 2.45) is 0 Å². The predicted molar refractivity (Wildman–Crippen MR) is 28.8 cm³/mol. The van der Waals surface area contributed by atoms with E-state index in [-0.39, 0.29) is 6.61 Å². The van der Waals surface area contributed by atoms with Crippen LogP contribution < -0.4 is 5.32 Å². The first-order chi connectivity index (χ1) is 4.56. The maximum atomic E-state index is 11.2. The molecule has 0 radical (unpaired) electrons. The smallest absolute Gasteiger partial charge is 0.479 e. The maximum Gasteiger partial charge on any atom is 0.522 e. The van der Waals surface area contributed by atoms with Crippen LogP contribution >= 0.6 is 0 Å². The Morgan fingerprint density at radius 3 is 2.40 bits per heavy atom. The molecular weight excluding hydrogens is 147 g/mol. The second-order valence-corrected chi connectivity index (χ2v) is 1.73. The number of rotatable bonds is 4. The zero-order chi connectivity index (χ0) is 8.04. The second-order valence-electron chi connectivity index (χ2n) is 1.73. The van der Waals surface area contributed by atoms with Gasteiger partial charge in [0.25, 0.3) is 0 Å². The predicted octanol–water partition coefficient (Wildman–Crippen LogP) is 0.268. The molecule has 62 valence electrons. The largest absolute Gasteiger partial charge is 0.522 e. The van der Waals surface area contributed by atoms with E-state index in [1.807, 2.05) is 0 Å². The highest BCUT2D eigenvalue weighted by molar-refractivity contribution is 4.32. The minimum absolute atomic E-state index is 0.282. The van der Waals surface area contributed by atoms with Gasteiger partial charge in [-0.15, -0.1) is 13.2 Å². The highest BCUT2D eigenvalue weighted by Gasteiger charge is 2.28. The lowest BCUT2D eigenvalue weighted by molar-refractivity contribution is -0.596. The molecule has 0 aliphatic rings. The van der Waals surface area contributed by atoms with E-state index in [4.69, 9.17) is 0 Å². The number of hydrogen-bond donors (Lipinski definition) is 1. The number of alkyl halides is 3. The van der Waals surface area contributed by atoms with Gasteiger partial charge in [-0.2, -0.15) is 7.05 Å². The van der Waals surface area contributed by atoms with Crippen LogP contribution in [0, 0.1) is 7.05 Å². The first-order valence-electron chi connectivity index (χ1n) is 2.88. The van der Waals surface area contributed by atoms with Crippen LogP contribution in [0.5, 0.6) is 0 Å². The fraction of sp³-hybridized carbons (Fsp3) is 0.800. The Morgan fingerprint density at radius 2 is 2.00 bits per heavy atom. The van der Waals surface area contributed by atoms with Gasteiger partial charge in [-0.1, -0.05) is 0 Å². The molecule has 0 aliphatic heterocycles. The molecule has 0 heterocycles. The summed E-state index contributed by atoms with van der Waals surface area (Å²) in [6.45, 7) is 0.269. The summed E-state index contributed by atoms with van der Waals surface area (Å²) in [7, 11) is 3.36. The Bertz CT molecular complexity index is 83.5. The normalized spacial score (nSPS) is 12.0. The molecular formula is C5H10F3NO. The summed E-state index contributed by atoms with van der Waals surface area (Å²) >= 11 is 0. The molecule has 0 aromatic carbocycles. The molecule has 2 nitrogen and oxygen atoms in total. The molecule has 0 bridgehead atoms. The highest BCUT2D eigenvalue weighted by Crippen LogP contribution is 2.15. The molecule has 10 heavy (non-hydrogen) atoms. The van der Waals surface area contributed by atoms with Gasteiger partial charge < -0.3 is 5.32 Å². The van der Waals surface area contributed by atoms with Gasteiger partial charge in [0.2, 0.25) is 0 Å². The number of ether oxygens (including phenoxy) is 1. The van der Waals surface area contributed by atoms with Crippen molar-refractivity contribution < 1.29 is 23.2 Å². The van der Waals surface area contributed by atoms with Crippen molar-refractivity contribution in [2.75, 3.05) is 13.2 Å². The third-order valence-electron chi connectivity index (χ3n) is 0.818. The van der Waals surface area contributed by atoms with Crippen LogP contribution in [-0.4, -0.2) is 19.5 Å². The molecule has 0 aromatic rings. The fourth-order valence-electron chi connectivity index (χ4n) is 0.416. The van der Waals surface area contributed by atoms with Crippen molar-refractivity contribution in [3.05, 3.63) is 7.05 Å². The molecule has 0 saturated heterocycles. The van der Waals surface area contributed by atoms with E-state index in [1.54, 1.807) is 5.32 Å². The van der Waals surface area contributed by atoms with Crippen molar-refractivity contribution in [1.82, 2.24) is 0 Å². The fourth-order valence-corrected chi connectivity index (χ4v) is 0.416. The number of quaternary nitrogens is 1. The van der Waals surface area contributed by atoms with E-state index in [2.05, 4.69) is 11.8 Å². The van der Waals surface area contributed by atoms with Gasteiger partial charge >= 0.3 is 6.36 Å². The number of nitrogens with two attached hydrogens (primary N) is 1.